The highest BCUT2D eigenvalue weighted by Crippen LogP contribution is 2.40. The molecule has 0 radical (unpaired) electrons. The molecule has 128 valence electrons. The second kappa shape index (κ2) is 5.89. The highest BCUT2D eigenvalue weighted by atomic mass is 35.5. The summed E-state index contributed by atoms with van der Waals surface area (Å²) in [7, 11) is 2.01. The van der Waals surface area contributed by atoms with Crippen molar-refractivity contribution in [1.29, 1.82) is 0 Å². The zero-order valence-electron chi connectivity index (χ0n) is 13.7. The molecule has 8 heteroatoms. The Morgan fingerprint density at radius 2 is 2.08 bits per heavy atom. The van der Waals surface area contributed by atoms with Gasteiger partial charge in [-0.2, -0.15) is 10.1 Å². The van der Waals surface area contributed by atoms with Crippen molar-refractivity contribution in [3.05, 3.63) is 27.7 Å². The molecule has 0 aromatic carbocycles. The van der Waals surface area contributed by atoms with Crippen LogP contribution in [0.5, 0.6) is 0 Å². The molecule has 1 atom stereocenters. The van der Waals surface area contributed by atoms with Gasteiger partial charge in [0.05, 0.1) is 18.8 Å². The fraction of sp³-hybridized carbons (Fsp3) is 0.562. The molecule has 2 aromatic heterocycles. The Kier molecular flexibility index (Phi) is 3.85. The van der Waals surface area contributed by atoms with Crippen molar-refractivity contribution in [2.24, 2.45) is 7.05 Å². The average Bonchev–Trinajstić information content (AvgIpc) is 3.07. The number of rotatable bonds is 3. The molecule has 24 heavy (non-hydrogen) atoms. The lowest BCUT2D eigenvalue weighted by Gasteiger charge is -2.19. The lowest BCUT2D eigenvalue weighted by molar-refractivity contribution is 0.270. The Bertz CT molecular complexity index is 789. The molecule has 0 saturated heterocycles. The van der Waals surface area contributed by atoms with Crippen LogP contribution in [0.4, 0.5) is 11.8 Å². The largest absolute Gasteiger partial charge is 0.396 e. The maximum atomic E-state index is 9.69. The number of aliphatic hydroxyl groups is 1. The molecule has 0 saturated carbocycles. The molecule has 4 rings (SSSR count). The van der Waals surface area contributed by atoms with Crippen molar-refractivity contribution < 1.29 is 5.11 Å². The normalized spacial score (nSPS) is 19.5. The van der Waals surface area contributed by atoms with E-state index in [2.05, 4.69) is 14.9 Å². The Morgan fingerprint density at radius 3 is 2.88 bits per heavy atom. The zero-order chi connectivity index (χ0) is 16.8. The summed E-state index contributed by atoms with van der Waals surface area (Å²) in [5.41, 5.74) is 10.4. The molecule has 0 bridgehead atoms. The molecular formula is C16H21ClN6O. The summed E-state index contributed by atoms with van der Waals surface area (Å²) < 4.78 is 2.01. The molecule has 0 fully saturated rings. The van der Waals surface area contributed by atoms with Gasteiger partial charge in [0.15, 0.2) is 0 Å². The first kappa shape index (κ1) is 15.7. The minimum absolute atomic E-state index is 0.0107. The second-order valence-corrected chi connectivity index (χ2v) is 6.93. The van der Waals surface area contributed by atoms with Crippen LogP contribution in [0.15, 0.2) is 0 Å². The van der Waals surface area contributed by atoms with Crippen LogP contribution in [-0.2, 0) is 26.4 Å². The first-order valence-corrected chi connectivity index (χ1v) is 8.68. The minimum Gasteiger partial charge on any atom is -0.396 e. The average molecular weight is 349 g/mol. The standard InChI is InChI=1S/C16H21ClN6O/c1-22-12-5-3-2-4-10(12)11(21-22)7-23-6-9(8-24)13-14(17)19-16(18)20-15(13)23/h9,24H,2-8H2,1H3,(H2,18,19,20). The van der Waals surface area contributed by atoms with Gasteiger partial charge in [0.25, 0.3) is 0 Å². The van der Waals surface area contributed by atoms with Crippen molar-refractivity contribution in [2.75, 3.05) is 23.8 Å². The summed E-state index contributed by atoms with van der Waals surface area (Å²) >= 11 is 6.25. The van der Waals surface area contributed by atoms with Gasteiger partial charge in [-0.15, -0.1) is 0 Å². The van der Waals surface area contributed by atoms with Crippen LogP contribution >= 0.6 is 11.6 Å². The monoisotopic (exact) mass is 348 g/mol. The van der Waals surface area contributed by atoms with E-state index < -0.39 is 0 Å². The number of anilines is 2. The molecule has 3 heterocycles. The SMILES string of the molecule is Cn1nc(CN2CC(CO)c3c(Cl)nc(N)nc32)c2c1CCCC2. The van der Waals surface area contributed by atoms with E-state index in [1.807, 2.05) is 11.7 Å². The molecule has 2 aliphatic rings. The summed E-state index contributed by atoms with van der Waals surface area (Å²) in [6.07, 6.45) is 4.61. The number of hydrogen-bond acceptors (Lipinski definition) is 6. The predicted octanol–water partition coefficient (Wildman–Crippen LogP) is 1.42. The van der Waals surface area contributed by atoms with Gasteiger partial charge >= 0.3 is 0 Å². The van der Waals surface area contributed by atoms with Crippen LogP contribution in [0.2, 0.25) is 5.15 Å². The van der Waals surface area contributed by atoms with Crippen molar-refractivity contribution in [3.8, 4) is 0 Å². The van der Waals surface area contributed by atoms with E-state index in [0.29, 0.717) is 18.2 Å². The first-order chi connectivity index (χ1) is 11.6. The molecule has 1 aliphatic carbocycles. The Hall–Kier alpha value is -1.86. The van der Waals surface area contributed by atoms with Crippen LogP contribution < -0.4 is 10.6 Å². The number of aliphatic hydroxyl groups excluding tert-OH is 1. The summed E-state index contributed by atoms with van der Waals surface area (Å²) in [6, 6.07) is 0. The van der Waals surface area contributed by atoms with Crippen LogP contribution in [0, 0.1) is 0 Å². The number of nitrogens with two attached hydrogens (primary N) is 1. The fourth-order valence-electron chi connectivity index (χ4n) is 3.94. The zero-order valence-corrected chi connectivity index (χ0v) is 14.4. The molecule has 0 spiro atoms. The van der Waals surface area contributed by atoms with Crippen LogP contribution in [0.1, 0.15) is 41.3 Å². The van der Waals surface area contributed by atoms with Gasteiger partial charge in [-0.25, -0.2) is 4.98 Å². The van der Waals surface area contributed by atoms with E-state index >= 15 is 0 Å². The molecule has 7 nitrogen and oxygen atoms in total. The molecule has 1 unspecified atom stereocenters. The van der Waals surface area contributed by atoms with Gasteiger partial charge in [-0.1, -0.05) is 11.6 Å². The summed E-state index contributed by atoms with van der Waals surface area (Å²) in [6.45, 7) is 1.31. The lowest BCUT2D eigenvalue weighted by Crippen LogP contribution is -2.24. The maximum Gasteiger partial charge on any atom is 0.223 e. The van der Waals surface area contributed by atoms with Crippen LogP contribution in [-0.4, -0.2) is 38.0 Å². The van der Waals surface area contributed by atoms with Crippen molar-refractivity contribution in [2.45, 2.75) is 38.1 Å². The highest BCUT2D eigenvalue weighted by molar-refractivity contribution is 6.30. The predicted molar refractivity (Wildman–Crippen MR) is 92.2 cm³/mol. The topological polar surface area (TPSA) is 93.1 Å². The van der Waals surface area contributed by atoms with E-state index in [9.17, 15) is 5.11 Å². The number of aromatic nitrogens is 4. The van der Waals surface area contributed by atoms with E-state index in [-0.39, 0.29) is 18.5 Å². The summed E-state index contributed by atoms with van der Waals surface area (Å²) in [5.74, 6) is 0.791. The number of hydrogen-bond donors (Lipinski definition) is 2. The quantitative estimate of drug-likeness (QED) is 0.815. The summed E-state index contributed by atoms with van der Waals surface area (Å²) in [5, 5.41) is 14.8. The van der Waals surface area contributed by atoms with Gasteiger partial charge < -0.3 is 15.7 Å². The van der Waals surface area contributed by atoms with Gasteiger partial charge in [0.1, 0.15) is 11.0 Å². The van der Waals surface area contributed by atoms with Crippen molar-refractivity contribution >= 4 is 23.4 Å². The van der Waals surface area contributed by atoms with E-state index in [1.54, 1.807) is 0 Å². The molecule has 3 N–H and O–H groups in total. The molecular weight excluding hydrogens is 328 g/mol. The third-order valence-electron chi connectivity index (χ3n) is 5.05. The second-order valence-electron chi connectivity index (χ2n) is 6.57. The lowest BCUT2D eigenvalue weighted by atomic mass is 9.95. The van der Waals surface area contributed by atoms with Gasteiger partial charge in [-0.3, -0.25) is 4.68 Å². The smallest absolute Gasteiger partial charge is 0.223 e. The van der Waals surface area contributed by atoms with E-state index in [4.69, 9.17) is 22.4 Å². The Labute approximate surface area is 145 Å². The minimum atomic E-state index is -0.0901. The molecule has 1 aliphatic heterocycles. The van der Waals surface area contributed by atoms with E-state index in [0.717, 1.165) is 29.9 Å². The fourth-order valence-corrected chi connectivity index (χ4v) is 4.26. The number of nitrogens with zero attached hydrogens (tertiary/aromatic N) is 5. The highest BCUT2D eigenvalue weighted by Gasteiger charge is 2.34. The van der Waals surface area contributed by atoms with Crippen LogP contribution in [0.3, 0.4) is 0 Å². The van der Waals surface area contributed by atoms with E-state index in [1.165, 1.54) is 24.1 Å². The maximum absolute atomic E-state index is 9.69. The number of nitrogen functional groups attached to an aromatic ring is 1. The van der Waals surface area contributed by atoms with Gasteiger partial charge in [0, 0.05) is 30.8 Å². The Balaban J connectivity index is 1.70. The summed E-state index contributed by atoms with van der Waals surface area (Å²) in [4.78, 5) is 10.5. The number of aryl methyl sites for hydroxylation is 1. The van der Waals surface area contributed by atoms with Crippen molar-refractivity contribution in [1.82, 2.24) is 19.7 Å². The van der Waals surface area contributed by atoms with Gasteiger partial charge in [-0.05, 0) is 31.2 Å². The molecule has 0 amide bonds. The van der Waals surface area contributed by atoms with Crippen molar-refractivity contribution in [3.63, 3.8) is 0 Å². The number of halogens is 1. The number of fused-ring (bicyclic) bond motifs is 2. The van der Waals surface area contributed by atoms with Crippen LogP contribution in [0.25, 0.3) is 0 Å². The third kappa shape index (κ3) is 2.43. The Morgan fingerprint density at radius 1 is 1.29 bits per heavy atom. The first-order valence-electron chi connectivity index (χ1n) is 8.30. The molecule has 2 aromatic rings. The third-order valence-corrected chi connectivity index (χ3v) is 5.34. The van der Waals surface area contributed by atoms with Gasteiger partial charge in [0.2, 0.25) is 5.95 Å².